The van der Waals surface area contributed by atoms with Gasteiger partial charge >= 0.3 is 0 Å². The maximum atomic E-state index is 12.5. The van der Waals surface area contributed by atoms with E-state index >= 15 is 0 Å². The zero-order chi connectivity index (χ0) is 16.8. The first-order chi connectivity index (χ1) is 11.5. The molecule has 0 aromatic carbocycles. The molecule has 0 bridgehead atoms. The number of rotatable bonds is 2. The Kier molecular flexibility index (Phi) is 3.12. The van der Waals surface area contributed by atoms with Crippen LogP contribution in [0.5, 0.6) is 0 Å². The molecule has 0 saturated carbocycles. The Bertz CT molecular complexity index is 928. The molecular formula is C14H17N9O. The lowest BCUT2D eigenvalue weighted by Gasteiger charge is -2.33. The van der Waals surface area contributed by atoms with Gasteiger partial charge in [-0.3, -0.25) is 14.2 Å². The molecule has 1 fully saturated rings. The van der Waals surface area contributed by atoms with Crippen molar-refractivity contribution in [3.8, 4) is 0 Å². The Balaban J connectivity index is 1.61. The standard InChI is InChI=1S/C14H17N9O/c1-20-7-9(5-16-20)23-4-3-22(8-11(23)24)14-18-12(15)10-6-17-21(2)13(10)19-14/h5-7H,3-4,8H2,1-2H3,(H2,15,18,19). The monoisotopic (exact) mass is 327 g/mol. The highest BCUT2D eigenvalue weighted by molar-refractivity contribution is 5.97. The van der Waals surface area contributed by atoms with E-state index in [-0.39, 0.29) is 12.5 Å². The SMILES string of the molecule is Cn1cc(N2CCN(c3nc(N)c4cnn(C)c4n3)CC2=O)cn1. The molecule has 3 aromatic rings. The number of nitrogen functional groups attached to an aromatic ring is 1. The van der Waals surface area contributed by atoms with E-state index < -0.39 is 0 Å². The Morgan fingerprint density at radius 3 is 2.67 bits per heavy atom. The van der Waals surface area contributed by atoms with E-state index in [2.05, 4.69) is 20.2 Å². The molecule has 1 aliphatic heterocycles. The minimum absolute atomic E-state index is 0.0264. The van der Waals surface area contributed by atoms with Crippen LogP contribution in [0, 0.1) is 0 Å². The fraction of sp³-hybridized carbons (Fsp3) is 0.357. The molecule has 0 atom stereocenters. The molecule has 0 spiro atoms. The van der Waals surface area contributed by atoms with Crippen LogP contribution in [0.2, 0.25) is 0 Å². The highest BCUT2D eigenvalue weighted by Crippen LogP contribution is 2.23. The fourth-order valence-electron chi connectivity index (χ4n) is 2.84. The maximum Gasteiger partial charge on any atom is 0.246 e. The largest absolute Gasteiger partial charge is 0.383 e. The van der Waals surface area contributed by atoms with Gasteiger partial charge in [0.25, 0.3) is 0 Å². The number of piperazine rings is 1. The lowest BCUT2D eigenvalue weighted by molar-refractivity contribution is -0.117. The summed E-state index contributed by atoms with van der Waals surface area (Å²) in [5.41, 5.74) is 7.44. The molecule has 1 amide bonds. The molecule has 24 heavy (non-hydrogen) atoms. The molecule has 1 saturated heterocycles. The third kappa shape index (κ3) is 2.23. The molecule has 1 aliphatic rings. The third-order valence-corrected chi connectivity index (χ3v) is 4.12. The van der Waals surface area contributed by atoms with E-state index in [9.17, 15) is 4.79 Å². The third-order valence-electron chi connectivity index (χ3n) is 4.12. The number of aryl methyl sites for hydroxylation is 2. The molecule has 0 radical (unpaired) electrons. The number of fused-ring (bicyclic) bond motifs is 1. The fourth-order valence-corrected chi connectivity index (χ4v) is 2.84. The topological polar surface area (TPSA) is 111 Å². The Labute approximate surface area is 137 Å². The molecule has 2 N–H and O–H groups in total. The van der Waals surface area contributed by atoms with Crippen LogP contribution in [0.4, 0.5) is 17.5 Å². The highest BCUT2D eigenvalue weighted by atomic mass is 16.2. The summed E-state index contributed by atoms with van der Waals surface area (Å²) in [6.07, 6.45) is 5.15. The van der Waals surface area contributed by atoms with Gasteiger partial charge in [0.1, 0.15) is 12.4 Å². The van der Waals surface area contributed by atoms with Gasteiger partial charge in [-0.05, 0) is 0 Å². The van der Waals surface area contributed by atoms with Crippen LogP contribution in [0.1, 0.15) is 0 Å². The molecule has 4 heterocycles. The second kappa shape index (κ2) is 5.18. The average Bonchev–Trinajstić information content (AvgIpc) is 3.14. The van der Waals surface area contributed by atoms with E-state index in [0.717, 1.165) is 5.69 Å². The molecule has 124 valence electrons. The quantitative estimate of drug-likeness (QED) is 0.677. The smallest absolute Gasteiger partial charge is 0.246 e. The first-order valence-electron chi connectivity index (χ1n) is 7.52. The summed E-state index contributed by atoms with van der Waals surface area (Å²) in [5.74, 6) is 0.787. The Morgan fingerprint density at radius 1 is 1.12 bits per heavy atom. The molecule has 0 unspecified atom stereocenters. The number of amides is 1. The number of carbonyl (C=O) groups excluding carboxylic acids is 1. The van der Waals surface area contributed by atoms with Crippen LogP contribution >= 0.6 is 0 Å². The summed E-state index contributed by atoms with van der Waals surface area (Å²) in [5, 5.41) is 8.96. The van der Waals surface area contributed by atoms with Crippen molar-refractivity contribution < 1.29 is 4.79 Å². The lowest BCUT2D eigenvalue weighted by atomic mass is 10.3. The number of carbonyl (C=O) groups is 1. The number of hydrogen-bond acceptors (Lipinski definition) is 7. The van der Waals surface area contributed by atoms with E-state index in [0.29, 0.717) is 35.9 Å². The van der Waals surface area contributed by atoms with Gasteiger partial charge in [0.2, 0.25) is 11.9 Å². The van der Waals surface area contributed by atoms with Crippen molar-refractivity contribution in [2.24, 2.45) is 14.1 Å². The van der Waals surface area contributed by atoms with Gasteiger partial charge in [0, 0.05) is 33.4 Å². The van der Waals surface area contributed by atoms with E-state index in [1.54, 1.807) is 33.7 Å². The van der Waals surface area contributed by atoms with Gasteiger partial charge < -0.3 is 15.5 Å². The highest BCUT2D eigenvalue weighted by Gasteiger charge is 2.28. The average molecular weight is 327 g/mol. The van der Waals surface area contributed by atoms with Crippen LogP contribution < -0.4 is 15.5 Å². The summed E-state index contributed by atoms with van der Waals surface area (Å²) in [6.45, 7) is 1.35. The number of nitrogens with two attached hydrogens (primary N) is 1. The summed E-state index contributed by atoms with van der Waals surface area (Å²) in [6, 6.07) is 0. The molecule has 10 heteroatoms. The van der Waals surface area contributed by atoms with Crippen molar-refractivity contribution in [2.75, 3.05) is 35.2 Å². The molecule has 10 nitrogen and oxygen atoms in total. The zero-order valence-corrected chi connectivity index (χ0v) is 13.4. The van der Waals surface area contributed by atoms with E-state index in [1.165, 1.54) is 0 Å². The van der Waals surface area contributed by atoms with Crippen molar-refractivity contribution in [3.63, 3.8) is 0 Å². The second-order valence-electron chi connectivity index (χ2n) is 5.75. The van der Waals surface area contributed by atoms with Crippen molar-refractivity contribution in [1.29, 1.82) is 0 Å². The van der Waals surface area contributed by atoms with Crippen molar-refractivity contribution in [1.82, 2.24) is 29.5 Å². The number of hydrogen-bond donors (Lipinski definition) is 1. The van der Waals surface area contributed by atoms with Crippen LogP contribution in [0.25, 0.3) is 11.0 Å². The van der Waals surface area contributed by atoms with Crippen molar-refractivity contribution >= 4 is 34.4 Å². The van der Waals surface area contributed by atoms with Gasteiger partial charge in [-0.25, -0.2) is 0 Å². The van der Waals surface area contributed by atoms with E-state index in [4.69, 9.17) is 5.73 Å². The molecule has 3 aromatic heterocycles. The zero-order valence-electron chi connectivity index (χ0n) is 13.4. The molecular weight excluding hydrogens is 310 g/mol. The Hall–Kier alpha value is -3.17. The van der Waals surface area contributed by atoms with E-state index in [1.807, 2.05) is 18.1 Å². The van der Waals surface area contributed by atoms with Gasteiger partial charge in [-0.1, -0.05) is 0 Å². The predicted octanol–water partition coefficient (Wildman–Crippen LogP) is -0.468. The lowest BCUT2D eigenvalue weighted by Crippen LogP contribution is -2.51. The van der Waals surface area contributed by atoms with Gasteiger partial charge in [-0.15, -0.1) is 0 Å². The summed E-state index contributed by atoms with van der Waals surface area (Å²) < 4.78 is 3.32. The number of anilines is 3. The summed E-state index contributed by atoms with van der Waals surface area (Å²) in [4.78, 5) is 24.9. The van der Waals surface area contributed by atoms with Crippen LogP contribution in [-0.4, -0.2) is 55.1 Å². The van der Waals surface area contributed by atoms with Crippen LogP contribution in [-0.2, 0) is 18.9 Å². The molecule has 4 rings (SSSR count). The number of nitrogens with zero attached hydrogens (tertiary/aromatic N) is 8. The van der Waals surface area contributed by atoms with Crippen molar-refractivity contribution in [3.05, 3.63) is 18.6 Å². The molecule has 0 aliphatic carbocycles. The maximum absolute atomic E-state index is 12.5. The predicted molar refractivity (Wildman–Crippen MR) is 88.5 cm³/mol. The second-order valence-corrected chi connectivity index (χ2v) is 5.75. The van der Waals surface area contributed by atoms with Gasteiger partial charge in [0.15, 0.2) is 5.65 Å². The van der Waals surface area contributed by atoms with Crippen molar-refractivity contribution in [2.45, 2.75) is 0 Å². The minimum atomic E-state index is -0.0264. The van der Waals surface area contributed by atoms with Crippen LogP contribution in [0.15, 0.2) is 18.6 Å². The minimum Gasteiger partial charge on any atom is -0.383 e. The van der Waals surface area contributed by atoms with Gasteiger partial charge in [-0.2, -0.15) is 20.2 Å². The Morgan fingerprint density at radius 2 is 1.96 bits per heavy atom. The normalized spacial score (nSPS) is 15.5. The van der Waals surface area contributed by atoms with Crippen LogP contribution in [0.3, 0.4) is 0 Å². The number of aromatic nitrogens is 6. The summed E-state index contributed by atoms with van der Waals surface area (Å²) >= 11 is 0. The van der Waals surface area contributed by atoms with Gasteiger partial charge in [0.05, 0.1) is 23.5 Å². The first kappa shape index (κ1) is 14.4. The first-order valence-corrected chi connectivity index (χ1v) is 7.52. The summed E-state index contributed by atoms with van der Waals surface area (Å²) in [7, 11) is 3.62.